The van der Waals surface area contributed by atoms with Gasteiger partial charge in [0, 0.05) is 56.8 Å². The van der Waals surface area contributed by atoms with E-state index in [1.165, 1.54) is 23.4 Å². The molecule has 4 saturated heterocycles. The Morgan fingerprint density at radius 1 is 1.08 bits per heavy atom. The Morgan fingerprint density at radius 3 is 2.60 bits per heavy atom. The molecule has 5 heterocycles. The first-order valence-electron chi connectivity index (χ1n) is 16.1. The summed E-state index contributed by atoms with van der Waals surface area (Å²) in [7, 11) is 0. The minimum Gasteiger partial charge on any atom is -0.486 e. The Bertz CT molecular complexity index is 1730. The van der Waals surface area contributed by atoms with Gasteiger partial charge in [0.25, 0.3) is 0 Å². The molecule has 1 aromatic heterocycles. The van der Waals surface area contributed by atoms with Gasteiger partial charge in [-0.05, 0) is 42.8 Å². The van der Waals surface area contributed by atoms with Crippen LogP contribution in [-0.2, 0) is 14.3 Å². The zero-order chi connectivity index (χ0) is 33.2. The van der Waals surface area contributed by atoms with Crippen molar-refractivity contribution in [3.8, 4) is 23.2 Å². The molecule has 15 heteroatoms. The molecule has 0 saturated carbocycles. The standard InChI is InChI=1S/C33H35F2N9O4/c34-24-14-22(42-9-11-43(12-10-42)23-17-47-18-23)2-3-26(24)40-33-38-19-37-31(41-33)20-1-5-28(21(13-20)15-36)48-29-7-8-44(16-25(29)35)32(46)27-4-6-30(45)39-27/h1-3,5,13-14,19,23,25,27,29H,4,6-12,16-18H2,(H,39,45)(H,37,38,40,41)/t25-,27?,29?/m1/s1. The van der Waals surface area contributed by atoms with Gasteiger partial charge in [-0.25, -0.2) is 18.7 Å². The molecular weight excluding hydrogens is 624 g/mol. The van der Waals surface area contributed by atoms with Gasteiger partial charge in [-0.2, -0.15) is 10.2 Å². The molecule has 0 bridgehead atoms. The number of piperazine rings is 1. The highest BCUT2D eigenvalue weighted by Crippen LogP contribution is 2.30. The third-order valence-electron chi connectivity index (χ3n) is 9.31. The maximum Gasteiger partial charge on any atom is 0.245 e. The van der Waals surface area contributed by atoms with Gasteiger partial charge in [-0.15, -0.1) is 0 Å². The van der Waals surface area contributed by atoms with Crippen molar-refractivity contribution in [3.05, 3.63) is 54.1 Å². The van der Waals surface area contributed by atoms with Gasteiger partial charge in [0.15, 0.2) is 12.0 Å². The summed E-state index contributed by atoms with van der Waals surface area (Å²) in [4.78, 5) is 43.0. The summed E-state index contributed by atoms with van der Waals surface area (Å²) in [5, 5.41) is 15.4. The van der Waals surface area contributed by atoms with Crippen LogP contribution < -0.4 is 20.3 Å². The number of amides is 2. The van der Waals surface area contributed by atoms with Gasteiger partial charge in [0.2, 0.25) is 17.8 Å². The summed E-state index contributed by atoms with van der Waals surface area (Å²) >= 11 is 0. The molecule has 3 atom stereocenters. The molecule has 2 aromatic carbocycles. The van der Waals surface area contributed by atoms with E-state index in [1.807, 2.05) is 6.07 Å². The van der Waals surface area contributed by atoms with Gasteiger partial charge < -0.3 is 29.9 Å². The maximum absolute atomic E-state index is 15.2. The fourth-order valence-corrected chi connectivity index (χ4v) is 6.46. The molecule has 3 aromatic rings. The summed E-state index contributed by atoms with van der Waals surface area (Å²) < 4.78 is 41.6. The molecule has 2 N–H and O–H groups in total. The van der Waals surface area contributed by atoms with E-state index in [0.717, 1.165) is 45.1 Å². The lowest BCUT2D eigenvalue weighted by atomic mass is 10.0. The minimum atomic E-state index is -1.48. The largest absolute Gasteiger partial charge is 0.486 e. The van der Waals surface area contributed by atoms with Crippen LogP contribution in [0.15, 0.2) is 42.7 Å². The fourth-order valence-electron chi connectivity index (χ4n) is 6.46. The number of nitriles is 1. The summed E-state index contributed by atoms with van der Waals surface area (Å²) in [5.74, 6) is -0.342. The van der Waals surface area contributed by atoms with Crippen LogP contribution in [0.25, 0.3) is 11.4 Å². The van der Waals surface area contributed by atoms with Gasteiger partial charge in [0.1, 0.15) is 36.1 Å². The molecule has 7 rings (SSSR count). The predicted molar refractivity (Wildman–Crippen MR) is 170 cm³/mol. The Balaban J connectivity index is 0.974. The fraction of sp³-hybridized carbons (Fsp3) is 0.455. The lowest BCUT2D eigenvalue weighted by Gasteiger charge is -2.43. The summed E-state index contributed by atoms with van der Waals surface area (Å²) in [6.07, 6.45) is -0.123. The smallest absolute Gasteiger partial charge is 0.245 e. The van der Waals surface area contributed by atoms with Gasteiger partial charge >= 0.3 is 0 Å². The number of anilines is 3. The van der Waals surface area contributed by atoms with E-state index in [1.54, 1.807) is 18.2 Å². The number of rotatable bonds is 8. The quantitative estimate of drug-likeness (QED) is 0.367. The molecule has 48 heavy (non-hydrogen) atoms. The Morgan fingerprint density at radius 2 is 1.92 bits per heavy atom. The number of hydrogen-bond acceptors (Lipinski definition) is 11. The molecule has 2 amide bonds. The molecule has 0 spiro atoms. The normalized spacial score (nSPS) is 23.3. The molecule has 0 aliphatic carbocycles. The Hall–Kier alpha value is -4.94. The number of hydrogen-bond donors (Lipinski definition) is 2. The van der Waals surface area contributed by atoms with E-state index in [2.05, 4.69) is 41.5 Å². The first-order valence-corrected chi connectivity index (χ1v) is 16.1. The van der Waals surface area contributed by atoms with E-state index in [0.29, 0.717) is 18.0 Å². The van der Waals surface area contributed by atoms with Crippen molar-refractivity contribution in [2.75, 3.05) is 62.7 Å². The molecule has 0 radical (unpaired) electrons. The van der Waals surface area contributed by atoms with Crippen LogP contribution in [0.1, 0.15) is 24.8 Å². The number of ether oxygens (including phenoxy) is 2. The van der Waals surface area contributed by atoms with Crippen molar-refractivity contribution in [1.29, 1.82) is 5.26 Å². The minimum absolute atomic E-state index is 0.126. The number of aromatic nitrogens is 3. The van der Waals surface area contributed by atoms with Crippen molar-refractivity contribution in [2.24, 2.45) is 0 Å². The molecular formula is C33H35F2N9O4. The van der Waals surface area contributed by atoms with E-state index in [9.17, 15) is 14.9 Å². The summed E-state index contributed by atoms with van der Waals surface area (Å²) in [5.41, 5.74) is 1.67. The van der Waals surface area contributed by atoms with Gasteiger partial charge in [-0.3, -0.25) is 14.5 Å². The molecule has 4 aliphatic heterocycles. The third kappa shape index (κ3) is 6.71. The topological polar surface area (TPSA) is 149 Å². The van der Waals surface area contributed by atoms with Crippen LogP contribution in [0.3, 0.4) is 0 Å². The molecule has 4 fully saturated rings. The SMILES string of the molecule is N#Cc1cc(-c2ncnc(Nc3ccc(N4CCN(C5COC5)CC4)cc3F)n2)ccc1OC1CCN(C(=O)C2CCC(=O)N2)C[C@H]1F. The van der Waals surface area contributed by atoms with Crippen LogP contribution in [0, 0.1) is 17.1 Å². The van der Waals surface area contributed by atoms with Crippen LogP contribution >= 0.6 is 0 Å². The Kier molecular flexibility index (Phi) is 9.00. The first-order chi connectivity index (χ1) is 23.3. The van der Waals surface area contributed by atoms with E-state index >= 15 is 8.78 Å². The second-order valence-corrected chi connectivity index (χ2v) is 12.4. The second kappa shape index (κ2) is 13.7. The van der Waals surface area contributed by atoms with Crippen LogP contribution in [-0.4, -0.2) is 113 Å². The molecule has 4 aliphatic rings. The van der Waals surface area contributed by atoms with Crippen molar-refractivity contribution >= 4 is 29.1 Å². The number of alkyl halides is 1. The van der Waals surface area contributed by atoms with E-state index in [4.69, 9.17) is 9.47 Å². The number of likely N-dealkylation sites (tertiary alicyclic amines) is 1. The van der Waals surface area contributed by atoms with Crippen molar-refractivity contribution in [2.45, 2.75) is 43.6 Å². The highest BCUT2D eigenvalue weighted by molar-refractivity contribution is 5.90. The number of carbonyl (C=O) groups is 2. The van der Waals surface area contributed by atoms with Gasteiger partial charge in [-0.1, -0.05) is 0 Å². The lowest BCUT2D eigenvalue weighted by Crippen LogP contribution is -2.56. The maximum atomic E-state index is 15.2. The summed E-state index contributed by atoms with van der Waals surface area (Å²) in [6, 6.07) is 11.7. The average Bonchev–Trinajstić information content (AvgIpc) is 3.52. The zero-order valence-electron chi connectivity index (χ0n) is 26.1. The molecule has 13 nitrogen and oxygen atoms in total. The monoisotopic (exact) mass is 659 g/mol. The number of benzene rings is 2. The predicted octanol–water partition coefficient (Wildman–Crippen LogP) is 2.41. The third-order valence-corrected chi connectivity index (χ3v) is 9.31. The molecule has 250 valence electrons. The van der Waals surface area contributed by atoms with Crippen LogP contribution in [0.4, 0.5) is 26.1 Å². The first kappa shape index (κ1) is 31.6. The number of piperidine rings is 1. The summed E-state index contributed by atoms with van der Waals surface area (Å²) in [6.45, 7) is 5.11. The number of nitrogens with zero attached hydrogens (tertiary/aromatic N) is 7. The highest BCUT2D eigenvalue weighted by atomic mass is 19.1. The number of nitrogens with one attached hydrogen (secondary N) is 2. The lowest BCUT2D eigenvalue weighted by molar-refractivity contribution is -0.138. The van der Waals surface area contributed by atoms with Crippen LogP contribution in [0.2, 0.25) is 0 Å². The van der Waals surface area contributed by atoms with Gasteiger partial charge in [0.05, 0.1) is 37.1 Å². The number of carbonyl (C=O) groups excluding carboxylic acids is 2. The number of halogens is 2. The zero-order valence-corrected chi connectivity index (χ0v) is 26.1. The van der Waals surface area contributed by atoms with Crippen molar-refractivity contribution in [3.63, 3.8) is 0 Å². The average molecular weight is 660 g/mol. The second-order valence-electron chi connectivity index (χ2n) is 12.4. The van der Waals surface area contributed by atoms with Crippen LogP contribution in [0.5, 0.6) is 5.75 Å². The molecule has 2 unspecified atom stereocenters. The van der Waals surface area contributed by atoms with Crippen molar-refractivity contribution < 1.29 is 27.8 Å². The highest BCUT2D eigenvalue weighted by Gasteiger charge is 2.38. The van der Waals surface area contributed by atoms with E-state index < -0.39 is 24.1 Å². The van der Waals surface area contributed by atoms with E-state index in [-0.39, 0.29) is 66.5 Å². The van der Waals surface area contributed by atoms with Crippen molar-refractivity contribution in [1.82, 2.24) is 30.1 Å². The Labute approximate surface area is 275 Å².